The van der Waals surface area contributed by atoms with Gasteiger partial charge in [-0.1, -0.05) is 5.16 Å². The number of hydrogen-bond acceptors (Lipinski definition) is 4. The first kappa shape index (κ1) is 9.51. The summed E-state index contributed by atoms with van der Waals surface area (Å²) in [6.45, 7) is 0. The Morgan fingerprint density at radius 3 is 2.87 bits per heavy atom. The lowest BCUT2D eigenvalue weighted by Crippen LogP contribution is -1.91. The molecule has 2 aromatic rings. The van der Waals surface area contributed by atoms with Crippen LogP contribution in [0.4, 0.5) is 10.1 Å². The largest absolute Gasteiger partial charge is 0.496 e. The van der Waals surface area contributed by atoms with Gasteiger partial charge in [-0.25, -0.2) is 4.39 Å². The maximum absolute atomic E-state index is 12.9. The second kappa shape index (κ2) is 3.61. The Balaban J connectivity index is 2.58. The van der Waals surface area contributed by atoms with Crippen molar-refractivity contribution in [2.24, 2.45) is 0 Å². The number of hydrogen-bond donors (Lipinski definition) is 1. The summed E-state index contributed by atoms with van der Waals surface area (Å²) < 4.78 is 22.9. The van der Waals surface area contributed by atoms with Crippen LogP contribution in [0.25, 0.3) is 11.3 Å². The molecule has 0 spiro atoms. The standard InChI is InChI=1S/C10H9FN2O2/c1-14-9-4-6(11)2-3-7(9)10-8(12)5-13-15-10/h2-5H,12H2,1H3. The summed E-state index contributed by atoms with van der Waals surface area (Å²) in [6.07, 6.45) is 1.39. The van der Waals surface area contributed by atoms with Gasteiger partial charge in [0.15, 0.2) is 5.76 Å². The molecule has 78 valence electrons. The van der Waals surface area contributed by atoms with E-state index in [0.29, 0.717) is 22.8 Å². The van der Waals surface area contributed by atoms with Crippen molar-refractivity contribution < 1.29 is 13.7 Å². The molecule has 1 heterocycles. The molecule has 0 radical (unpaired) electrons. The zero-order valence-electron chi connectivity index (χ0n) is 8.03. The molecule has 2 N–H and O–H groups in total. The Morgan fingerprint density at radius 2 is 2.27 bits per heavy atom. The molecule has 0 bridgehead atoms. The van der Waals surface area contributed by atoms with Gasteiger partial charge in [0.2, 0.25) is 0 Å². The number of aromatic nitrogens is 1. The zero-order chi connectivity index (χ0) is 10.8. The smallest absolute Gasteiger partial charge is 0.193 e. The van der Waals surface area contributed by atoms with Crippen molar-refractivity contribution in [2.45, 2.75) is 0 Å². The predicted octanol–water partition coefficient (Wildman–Crippen LogP) is 2.07. The first-order valence-electron chi connectivity index (χ1n) is 4.26. The molecule has 0 aliphatic carbocycles. The van der Waals surface area contributed by atoms with Crippen molar-refractivity contribution in [3.05, 3.63) is 30.2 Å². The average Bonchev–Trinajstić information content (AvgIpc) is 2.64. The number of nitrogens with two attached hydrogens (primary N) is 1. The van der Waals surface area contributed by atoms with E-state index in [2.05, 4.69) is 5.16 Å². The molecular weight excluding hydrogens is 199 g/mol. The van der Waals surface area contributed by atoms with E-state index in [4.69, 9.17) is 15.0 Å². The Kier molecular flexibility index (Phi) is 2.29. The number of halogens is 1. The molecule has 0 unspecified atom stereocenters. The third-order valence-corrected chi connectivity index (χ3v) is 2.01. The summed E-state index contributed by atoms with van der Waals surface area (Å²) in [4.78, 5) is 0. The van der Waals surface area contributed by atoms with E-state index in [1.165, 1.54) is 31.5 Å². The second-order valence-corrected chi connectivity index (χ2v) is 2.95. The summed E-state index contributed by atoms with van der Waals surface area (Å²) in [7, 11) is 1.45. The number of benzene rings is 1. The molecule has 1 aromatic carbocycles. The van der Waals surface area contributed by atoms with E-state index in [1.807, 2.05) is 0 Å². The number of nitrogen functional groups attached to an aromatic ring is 1. The van der Waals surface area contributed by atoms with Crippen LogP contribution < -0.4 is 10.5 Å². The lowest BCUT2D eigenvalue weighted by molar-refractivity contribution is 0.403. The maximum Gasteiger partial charge on any atom is 0.193 e. The van der Waals surface area contributed by atoms with E-state index in [-0.39, 0.29) is 5.82 Å². The van der Waals surface area contributed by atoms with Gasteiger partial charge in [0.25, 0.3) is 0 Å². The second-order valence-electron chi connectivity index (χ2n) is 2.95. The van der Waals surface area contributed by atoms with Gasteiger partial charge in [0.05, 0.1) is 18.9 Å². The number of methoxy groups -OCH3 is 1. The highest BCUT2D eigenvalue weighted by molar-refractivity contribution is 5.74. The maximum atomic E-state index is 12.9. The monoisotopic (exact) mass is 208 g/mol. The highest BCUT2D eigenvalue weighted by atomic mass is 19.1. The number of anilines is 1. The van der Waals surface area contributed by atoms with Gasteiger partial charge >= 0.3 is 0 Å². The Morgan fingerprint density at radius 1 is 1.47 bits per heavy atom. The zero-order valence-corrected chi connectivity index (χ0v) is 8.03. The first-order chi connectivity index (χ1) is 7.22. The number of nitrogens with zero attached hydrogens (tertiary/aromatic N) is 1. The molecule has 1 aromatic heterocycles. The molecule has 0 aliphatic heterocycles. The predicted molar refractivity (Wildman–Crippen MR) is 52.9 cm³/mol. The molecule has 0 fully saturated rings. The number of rotatable bonds is 2. The van der Waals surface area contributed by atoms with Crippen LogP contribution in [-0.2, 0) is 0 Å². The van der Waals surface area contributed by atoms with Crippen LogP contribution in [0.1, 0.15) is 0 Å². The van der Waals surface area contributed by atoms with E-state index < -0.39 is 0 Å². The van der Waals surface area contributed by atoms with E-state index in [9.17, 15) is 4.39 Å². The van der Waals surface area contributed by atoms with Gasteiger partial charge < -0.3 is 15.0 Å². The average molecular weight is 208 g/mol. The van der Waals surface area contributed by atoms with Gasteiger partial charge in [-0.15, -0.1) is 0 Å². The van der Waals surface area contributed by atoms with Crippen molar-refractivity contribution in [1.29, 1.82) is 0 Å². The third kappa shape index (κ3) is 1.63. The summed E-state index contributed by atoms with van der Waals surface area (Å²) >= 11 is 0. The Labute approximate surface area is 85.4 Å². The molecule has 4 nitrogen and oxygen atoms in total. The molecule has 15 heavy (non-hydrogen) atoms. The lowest BCUT2D eigenvalue weighted by Gasteiger charge is -2.05. The Hall–Kier alpha value is -2.04. The normalized spacial score (nSPS) is 10.3. The van der Waals surface area contributed by atoms with Gasteiger partial charge in [-0.2, -0.15) is 0 Å². The summed E-state index contributed by atoms with van der Waals surface area (Å²) in [5.41, 5.74) is 6.60. The molecular formula is C10H9FN2O2. The van der Waals surface area contributed by atoms with Crippen LogP contribution in [-0.4, -0.2) is 12.3 Å². The highest BCUT2D eigenvalue weighted by Gasteiger charge is 2.13. The molecule has 0 amide bonds. The lowest BCUT2D eigenvalue weighted by atomic mass is 10.1. The highest BCUT2D eigenvalue weighted by Crippen LogP contribution is 2.33. The van der Waals surface area contributed by atoms with Gasteiger partial charge in [0.1, 0.15) is 17.3 Å². The fourth-order valence-electron chi connectivity index (χ4n) is 1.30. The van der Waals surface area contributed by atoms with Gasteiger partial charge in [-0.05, 0) is 12.1 Å². The van der Waals surface area contributed by atoms with Crippen LogP contribution in [0, 0.1) is 5.82 Å². The topological polar surface area (TPSA) is 61.3 Å². The summed E-state index contributed by atoms with van der Waals surface area (Å²) in [6, 6.07) is 4.10. The molecule has 0 atom stereocenters. The summed E-state index contributed by atoms with van der Waals surface area (Å²) in [5, 5.41) is 3.55. The quantitative estimate of drug-likeness (QED) is 0.820. The fraction of sp³-hybridized carbons (Fsp3) is 0.100. The van der Waals surface area contributed by atoms with Crippen molar-refractivity contribution >= 4 is 5.69 Å². The van der Waals surface area contributed by atoms with Crippen molar-refractivity contribution in [3.63, 3.8) is 0 Å². The third-order valence-electron chi connectivity index (χ3n) is 2.01. The van der Waals surface area contributed by atoms with Crippen LogP contribution in [0.5, 0.6) is 5.75 Å². The van der Waals surface area contributed by atoms with Crippen molar-refractivity contribution in [3.8, 4) is 17.1 Å². The molecule has 0 aliphatic rings. The first-order valence-corrected chi connectivity index (χ1v) is 4.26. The minimum absolute atomic E-state index is 0.360. The van der Waals surface area contributed by atoms with Crippen LogP contribution in [0.3, 0.4) is 0 Å². The minimum Gasteiger partial charge on any atom is -0.496 e. The number of ether oxygens (including phenoxy) is 1. The summed E-state index contributed by atoms with van der Waals surface area (Å²) in [5.74, 6) is 0.360. The molecule has 5 heteroatoms. The molecule has 2 rings (SSSR count). The molecule has 0 saturated carbocycles. The van der Waals surface area contributed by atoms with Gasteiger partial charge in [0, 0.05) is 6.07 Å². The van der Waals surface area contributed by atoms with Crippen LogP contribution in [0.2, 0.25) is 0 Å². The van der Waals surface area contributed by atoms with E-state index >= 15 is 0 Å². The SMILES string of the molecule is COc1cc(F)ccc1-c1oncc1N. The van der Waals surface area contributed by atoms with Crippen molar-refractivity contribution in [2.75, 3.05) is 12.8 Å². The molecule has 0 saturated heterocycles. The van der Waals surface area contributed by atoms with Gasteiger partial charge in [-0.3, -0.25) is 0 Å². The minimum atomic E-state index is -0.381. The van der Waals surface area contributed by atoms with Crippen LogP contribution in [0.15, 0.2) is 28.9 Å². The van der Waals surface area contributed by atoms with Crippen LogP contribution >= 0.6 is 0 Å². The fourth-order valence-corrected chi connectivity index (χ4v) is 1.30. The van der Waals surface area contributed by atoms with E-state index in [1.54, 1.807) is 0 Å². The van der Waals surface area contributed by atoms with E-state index in [0.717, 1.165) is 0 Å². The Bertz CT molecular complexity index is 482. The van der Waals surface area contributed by atoms with Crippen molar-refractivity contribution in [1.82, 2.24) is 5.16 Å².